The van der Waals surface area contributed by atoms with Crippen molar-refractivity contribution in [2.24, 2.45) is 0 Å². The van der Waals surface area contributed by atoms with Crippen LogP contribution in [0.2, 0.25) is 0 Å². The Kier molecular flexibility index (Phi) is 9.70. The van der Waals surface area contributed by atoms with Gasteiger partial charge < -0.3 is 14.6 Å². The second-order valence-electron chi connectivity index (χ2n) is 7.09. The molecule has 0 spiro atoms. The van der Waals surface area contributed by atoms with Crippen molar-refractivity contribution in [2.45, 2.75) is 58.7 Å². The van der Waals surface area contributed by atoms with Gasteiger partial charge in [0.1, 0.15) is 18.3 Å². The van der Waals surface area contributed by atoms with Crippen molar-refractivity contribution >= 4 is 0 Å². The van der Waals surface area contributed by atoms with Crippen molar-refractivity contribution in [1.29, 1.82) is 0 Å². The van der Waals surface area contributed by atoms with Crippen LogP contribution in [-0.4, -0.2) is 23.4 Å². The lowest BCUT2D eigenvalue weighted by atomic mass is 10.0. The molecule has 0 aliphatic rings. The summed E-state index contributed by atoms with van der Waals surface area (Å²) in [6, 6.07) is 20.0. The van der Waals surface area contributed by atoms with Gasteiger partial charge in [0.2, 0.25) is 0 Å². The van der Waals surface area contributed by atoms with Crippen molar-refractivity contribution in [3.63, 3.8) is 0 Å². The molecule has 0 saturated carbocycles. The topological polar surface area (TPSA) is 38.7 Å². The highest BCUT2D eigenvalue weighted by atomic mass is 16.5. The van der Waals surface area contributed by atoms with E-state index in [4.69, 9.17) is 9.47 Å². The maximum Gasteiger partial charge on any atom is 0.117 e. The summed E-state index contributed by atoms with van der Waals surface area (Å²) in [5.74, 6) is 0. The number of hydrogen-bond donors (Lipinski definition) is 1. The molecule has 3 heteroatoms. The van der Waals surface area contributed by atoms with Crippen molar-refractivity contribution < 1.29 is 14.6 Å². The van der Waals surface area contributed by atoms with Crippen LogP contribution in [0.25, 0.3) is 0 Å². The predicted molar refractivity (Wildman–Crippen MR) is 115 cm³/mol. The highest BCUT2D eigenvalue weighted by Crippen LogP contribution is 2.18. The monoisotopic (exact) mass is 380 g/mol. The first-order valence-corrected chi connectivity index (χ1v) is 9.91. The van der Waals surface area contributed by atoms with E-state index in [2.05, 4.69) is 0 Å². The molecule has 0 fully saturated rings. The largest absolute Gasteiger partial charge is 0.386 e. The van der Waals surface area contributed by atoms with E-state index in [1.54, 1.807) is 6.08 Å². The number of hydrogen-bond acceptors (Lipinski definition) is 3. The molecule has 0 bridgehead atoms. The number of rotatable bonds is 11. The van der Waals surface area contributed by atoms with Gasteiger partial charge in [-0.3, -0.25) is 0 Å². The third kappa shape index (κ3) is 7.81. The Morgan fingerprint density at radius 2 is 1.43 bits per heavy atom. The number of benzene rings is 2. The smallest absolute Gasteiger partial charge is 0.117 e. The fourth-order valence-electron chi connectivity index (χ4n) is 2.87. The standard InChI is InChI=1S/C25H32O3/c1-4-5-16-23(26)25(28-19-22-14-10-7-11-15-22)24(17-20(2)3)27-18-21-12-8-6-9-13-21/h5-17,23-26H,4,18-19H2,1-3H3/b16-5-/t23-,24+,25+/m1/s1. The molecule has 0 aliphatic heterocycles. The van der Waals surface area contributed by atoms with Crippen LogP contribution in [0.15, 0.2) is 84.5 Å². The van der Waals surface area contributed by atoms with E-state index >= 15 is 0 Å². The lowest BCUT2D eigenvalue weighted by molar-refractivity contribution is -0.104. The van der Waals surface area contributed by atoms with Crippen molar-refractivity contribution in [3.05, 3.63) is 95.6 Å². The van der Waals surface area contributed by atoms with E-state index < -0.39 is 12.2 Å². The third-order valence-electron chi connectivity index (χ3n) is 4.30. The van der Waals surface area contributed by atoms with Crippen LogP contribution in [0.5, 0.6) is 0 Å². The van der Waals surface area contributed by atoms with Crippen LogP contribution in [0, 0.1) is 0 Å². The van der Waals surface area contributed by atoms with Gasteiger partial charge in [0.15, 0.2) is 0 Å². The zero-order chi connectivity index (χ0) is 20.2. The minimum atomic E-state index is -0.750. The van der Waals surface area contributed by atoms with Gasteiger partial charge in [-0.1, -0.05) is 91.4 Å². The molecule has 2 aromatic rings. The van der Waals surface area contributed by atoms with Gasteiger partial charge in [0.25, 0.3) is 0 Å². The van der Waals surface area contributed by atoms with Crippen molar-refractivity contribution in [1.82, 2.24) is 0 Å². The Morgan fingerprint density at radius 3 is 1.93 bits per heavy atom. The van der Waals surface area contributed by atoms with Crippen molar-refractivity contribution in [3.8, 4) is 0 Å². The SMILES string of the molecule is CC/C=C\[C@@H](O)[C@H](OCc1ccccc1)[C@H](C=C(C)C)OCc1ccccc1. The van der Waals surface area contributed by atoms with Crippen LogP contribution in [0.4, 0.5) is 0 Å². The molecule has 0 heterocycles. The van der Waals surface area contributed by atoms with E-state index in [1.165, 1.54) is 0 Å². The molecular weight excluding hydrogens is 348 g/mol. The third-order valence-corrected chi connectivity index (χ3v) is 4.30. The van der Waals surface area contributed by atoms with Crippen molar-refractivity contribution in [2.75, 3.05) is 0 Å². The van der Waals surface area contributed by atoms with Gasteiger partial charge in [-0.05, 0) is 31.4 Å². The highest BCUT2D eigenvalue weighted by Gasteiger charge is 2.27. The lowest BCUT2D eigenvalue weighted by Gasteiger charge is -2.29. The zero-order valence-corrected chi connectivity index (χ0v) is 17.1. The molecule has 0 saturated heterocycles. The number of aliphatic hydroxyl groups excluding tert-OH is 1. The molecular formula is C25H32O3. The fraction of sp³-hybridized carbons (Fsp3) is 0.360. The molecule has 150 valence electrons. The number of ether oxygens (including phenoxy) is 2. The Morgan fingerprint density at radius 1 is 0.893 bits per heavy atom. The van der Waals surface area contributed by atoms with E-state index in [1.807, 2.05) is 93.6 Å². The van der Waals surface area contributed by atoms with Crippen LogP contribution in [0.3, 0.4) is 0 Å². The summed E-state index contributed by atoms with van der Waals surface area (Å²) in [5, 5.41) is 10.8. The second-order valence-corrected chi connectivity index (χ2v) is 7.09. The maximum absolute atomic E-state index is 10.8. The molecule has 0 unspecified atom stereocenters. The average Bonchev–Trinajstić information content (AvgIpc) is 2.71. The van der Waals surface area contributed by atoms with Gasteiger partial charge in [-0.2, -0.15) is 0 Å². The Labute approximate surface area is 169 Å². The average molecular weight is 381 g/mol. The zero-order valence-electron chi connectivity index (χ0n) is 17.1. The van der Waals surface area contributed by atoms with E-state index in [9.17, 15) is 5.11 Å². The van der Waals surface area contributed by atoms with Gasteiger partial charge >= 0.3 is 0 Å². The summed E-state index contributed by atoms with van der Waals surface area (Å²) >= 11 is 0. The first kappa shape index (κ1) is 22.1. The molecule has 0 aromatic heterocycles. The summed E-state index contributed by atoms with van der Waals surface area (Å²) in [5.41, 5.74) is 3.28. The highest BCUT2D eigenvalue weighted by molar-refractivity contribution is 5.15. The van der Waals surface area contributed by atoms with E-state index in [-0.39, 0.29) is 6.10 Å². The number of aliphatic hydroxyl groups is 1. The number of allylic oxidation sites excluding steroid dienone is 2. The van der Waals surface area contributed by atoms with Crippen LogP contribution >= 0.6 is 0 Å². The van der Waals surface area contributed by atoms with Crippen LogP contribution < -0.4 is 0 Å². The van der Waals surface area contributed by atoms with E-state index in [0.717, 1.165) is 23.1 Å². The van der Waals surface area contributed by atoms with Gasteiger partial charge in [0.05, 0.1) is 13.2 Å². The van der Waals surface area contributed by atoms with Gasteiger partial charge in [0, 0.05) is 0 Å². The molecule has 3 atom stereocenters. The summed E-state index contributed by atoms with van der Waals surface area (Å²) in [6.07, 6.45) is 5.04. The van der Waals surface area contributed by atoms with Crippen LogP contribution in [0.1, 0.15) is 38.3 Å². The molecule has 2 rings (SSSR count). The van der Waals surface area contributed by atoms with Gasteiger partial charge in [-0.15, -0.1) is 0 Å². The normalized spacial score (nSPS) is 14.6. The predicted octanol–water partition coefficient (Wildman–Crippen LogP) is 5.45. The minimum Gasteiger partial charge on any atom is -0.386 e. The van der Waals surface area contributed by atoms with Gasteiger partial charge in [-0.25, -0.2) is 0 Å². The molecule has 0 aliphatic carbocycles. The first-order valence-electron chi connectivity index (χ1n) is 9.91. The molecule has 28 heavy (non-hydrogen) atoms. The van der Waals surface area contributed by atoms with Crippen LogP contribution in [-0.2, 0) is 22.7 Å². The molecule has 0 amide bonds. The Balaban J connectivity index is 2.17. The molecule has 3 nitrogen and oxygen atoms in total. The summed E-state index contributed by atoms with van der Waals surface area (Å²) < 4.78 is 12.4. The molecule has 0 radical (unpaired) electrons. The Hall–Kier alpha value is -2.20. The quantitative estimate of drug-likeness (QED) is 0.527. The minimum absolute atomic E-state index is 0.356. The lowest BCUT2D eigenvalue weighted by Crippen LogP contribution is -2.39. The summed E-state index contributed by atoms with van der Waals surface area (Å²) in [7, 11) is 0. The fourth-order valence-corrected chi connectivity index (χ4v) is 2.87. The van der Waals surface area contributed by atoms with E-state index in [0.29, 0.717) is 13.2 Å². The summed E-state index contributed by atoms with van der Waals surface area (Å²) in [6.45, 7) is 6.99. The molecule has 2 aromatic carbocycles. The second kappa shape index (κ2) is 12.3. The molecule has 1 N–H and O–H groups in total. The summed E-state index contributed by atoms with van der Waals surface area (Å²) in [4.78, 5) is 0. The Bertz CT molecular complexity index is 718. The first-order chi connectivity index (χ1) is 13.6. The maximum atomic E-state index is 10.8.